The number of hydrogen-bond donors (Lipinski definition) is 0. The van der Waals surface area contributed by atoms with E-state index >= 15 is 0 Å². The predicted molar refractivity (Wildman–Crippen MR) is 75.0 cm³/mol. The maximum absolute atomic E-state index is 13.4. The topological polar surface area (TPSA) is 43.4 Å². The molecule has 2 aromatic carbocycles. The average Bonchev–Trinajstić information content (AvgIpc) is 2.64. The minimum atomic E-state index is -0.432. The molecule has 0 saturated heterocycles. The molecule has 0 amide bonds. The number of ketones is 1. The number of benzene rings is 2. The number of methoxy groups -OCH3 is 1. The van der Waals surface area contributed by atoms with Crippen molar-refractivity contribution < 1.29 is 18.7 Å². The first-order valence-electron chi connectivity index (χ1n) is 6.64. The van der Waals surface area contributed by atoms with Crippen LogP contribution in [0, 0.1) is 5.82 Å². The summed E-state index contributed by atoms with van der Waals surface area (Å²) in [4.78, 5) is 24.1. The van der Waals surface area contributed by atoms with Crippen LogP contribution in [0.1, 0.15) is 37.4 Å². The van der Waals surface area contributed by atoms with Gasteiger partial charge in [-0.3, -0.25) is 4.79 Å². The molecule has 0 radical (unpaired) electrons. The molecule has 0 heterocycles. The van der Waals surface area contributed by atoms with E-state index in [0.717, 1.165) is 11.1 Å². The Labute approximate surface area is 121 Å². The summed E-state index contributed by atoms with van der Waals surface area (Å²) in [6.45, 7) is 0. The molecule has 1 aliphatic rings. The minimum absolute atomic E-state index is 0.201. The lowest BCUT2D eigenvalue weighted by molar-refractivity contribution is 0.0600. The van der Waals surface area contributed by atoms with E-state index in [9.17, 15) is 14.0 Å². The van der Waals surface area contributed by atoms with E-state index in [1.807, 2.05) is 0 Å². The molecule has 0 fully saturated rings. The van der Waals surface area contributed by atoms with E-state index in [4.69, 9.17) is 0 Å². The zero-order valence-electron chi connectivity index (χ0n) is 11.5. The van der Waals surface area contributed by atoms with E-state index in [2.05, 4.69) is 4.74 Å². The van der Waals surface area contributed by atoms with Crippen LogP contribution >= 0.6 is 0 Å². The van der Waals surface area contributed by atoms with Crippen LogP contribution < -0.4 is 0 Å². The average molecular weight is 284 g/mol. The first-order valence-corrected chi connectivity index (χ1v) is 6.64. The summed E-state index contributed by atoms with van der Waals surface area (Å²) in [6, 6.07) is 9.15. The van der Waals surface area contributed by atoms with Gasteiger partial charge in [-0.05, 0) is 54.3 Å². The molecule has 3 rings (SSSR count). The molecule has 4 heteroatoms. The van der Waals surface area contributed by atoms with Crippen LogP contribution in [0.4, 0.5) is 4.39 Å². The second kappa shape index (κ2) is 5.13. The molecule has 106 valence electrons. The Morgan fingerprint density at radius 3 is 2.57 bits per heavy atom. The summed E-state index contributed by atoms with van der Waals surface area (Å²) in [7, 11) is 1.32. The van der Waals surface area contributed by atoms with Crippen LogP contribution in [0.2, 0.25) is 0 Å². The van der Waals surface area contributed by atoms with Crippen LogP contribution in [0.3, 0.4) is 0 Å². The van der Waals surface area contributed by atoms with E-state index in [-0.39, 0.29) is 5.78 Å². The van der Waals surface area contributed by atoms with Crippen LogP contribution in [-0.2, 0) is 17.6 Å². The maximum Gasteiger partial charge on any atom is 0.337 e. The van der Waals surface area contributed by atoms with Crippen molar-refractivity contribution in [1.82, 2.24) is 0 Å². The highest BCUT2D eigenvalue weighted by Crippen LogP contribution is 2.26. The monoisotopic (exact) mass is 284 g/mol. The lowest BCUT2D eigenvalue weighted by Gasteiger charge is -2.07. The van der Waals surface area contributed by atoms with Crippen LogP contribution in [0.15, 0.2) is 36.4 Å². The molecular formula is C17H13FO3. The number of aryl methyl sites for hydroxylation is 2. The Hall–Kier alpha value is -2.49. The van der Waals surface area contributed by atoms with Crippen molar-refractivity contribution >= 4 is 11.8 Å². The van der Waals surface area contributed by atoms with Gasteiger partial charge in [0.05, 0.1) is 12.7 Å². The van der Waals surface area contributed by atoms with Crippen molar-refractivity contribution in [3.63, 3.8) is 0 Å². The molecule has 0 unspecified atom stereocenters. The molecular weight excluding hydrogens is 271 g/mol. The second-order valence-corrected chi connectivity index (χ2v) is 4.99. The Balaban J connectivity index is 2.10. The molecule has 0 bridgehead atoms. The first-order chi connectivity index (χ1) is 10.1. The highest BCUT2D eigenvalue weighted by Gasteiger charge is 2.22. The normalized spacial score (nSPS) is 13.1. The third-order valence-corrected chi connectivity index (χ3v) is 3.75. The standard InChI is InChI=1S/C17H13FO3/c1-21-17(20)12-5-7-14-11(8-12)3-2-10-4-6-13(18)9-15(10)16(14)19/h4-9H,2-3H2,1H3. The van der Waals surface area contributed by atoms with Crippen molar-refractivity contribution in [2.45, 2.75) is 12.8 Å². The van der Waals surface area contributed by atoms with Crippen LogP contribution in [0.25, 0.3) is 0 Å². The van der Waals surface area contributed by atoms with Gasteiger partial charge in [-0.1, -0.05) is 6.07 Å². The molecule has 0 N–H and O–H groups in total. The lowest BCUT2D eigenvalue weighted by atomic mass is 9.97. The number of fused-ring (bicyclic) bond motifs is 2. The van der Waals surface area contributed by atoms with Gasteiger partial charge in [-0.25, -0.2) is 9.18 Å². The Bertz CT molecular complexity index is 750. The fraction of sp³-hybridized carbons (Fsp3) is 0.176. The predicted octanol–water partition coefficient (Wildman–Crippen LogP) is 2.94. The van der Waals surface area contributed by atoms with Crippen molar-refractivity contribution in [2.24, 2.45) is 0 Å². The molecule has 0 atom stereocenters. The van der Waals surface area contributed by atoms with Gasteiger partial charge in [0, 0.05) is 11.1 Å². The molecule has 0 aromatic heterocycles. The number of ether oxygens (including phenoxy) is 1. The summed E-state index contributed by atoms with van der Waals surface area (Å²) in [5, 5.41) is 0. The second-order valence-electron chi connectivity index (χ2n) is 4.99. The fourth-order valence-electron chi connectivity index (χ4n) is 2.66. The number of esters is 1. The number of hydrogen-bond acceptors (Lipinski definition) is 3. The van der Waals surface area contributed by atoms with Gasteiger partial charge in [0.25, 0.3) is 0 Å². The molecule has 1 aliphatic carbocycles. The van der Waals surface area contributed by atoms with E-state index in [1.54, 1.807) is 24.3 Å². The van der Waals surface area contributed by atoms with Gasteiger partial charge in [0.15, 0.2) is 5.78 Å². The van der Waals surface area contributed by atoms with Crippen molar-refractivity contribution in [3.05, 3.63) is 70.0 Å². The summed E-state index contributed by atoms with van der Waals surface area (Å²) in [6.07, 6.45) is 1.27. The SMILES string of the molecule is COC(=O)c1ccc2c(c1)CCc1ccc(F)cc1C2=O. The van der Waals surface area contributed by atoms with Gasteiger partial charge < -0.3 is 4.74 Å². The summed E-state index contributed by atoms with van der Waals surface area (Å²) < 4.78 is 18.1. The molecule has 21 heavy (non-hydrogen) atoms. The van der Waals surface area contributed by atoms with Crippen LogP contribution in [-0.4, -0.2) is 18.9 Å². The van der Waals surface area contributed by atoms with Crippen molar-refractivity contribution in [2.75, 3.05) is 7.11 Å². The molecule has 0 aliphatic heterocycles. The van der Waals surface area contributed by atoms with E-state index < -0.39 is 11.8 Å². The smallest absolute Gasteiger partial charge is 0.337 e. The van der Waals surface area contributed by atoms with Gasteiger partial charge in [0.1, 0.15) is 5.82 Å². The minimum Gasteiger partial charge on any atom is -0.465 e. The number of rotatable bonds is 1. The van der Waals surface area contributed by atoms with Gasteiger partial charge in [0.2, 0.25) is 0 Å². The third-order valence-electron chi connectivity index (χ3n) is 3.75. The quantitative estimate of drug-likeness (QED) is 0.756. The molecule has 0 saturated carbocycles. The molecule has 2 aromatic rings. The highest BCUT2D eigenvalue weighted by atomic mass is 19.1. The van der Waals surface area contributed by atoms with Crippen molar-refractivity contribution in [1.29, 1.82) is 0 Å². The van der Waals surface area contributed by atoms with Gasteiger partial charge >= 0.3 is 5.97 Å². The number of halogens is 1. The Morgan fingerprint density at radius 1 is 1.05 bits per heavy atom. The highest BCUT2D eigenvalue weighted by molar-refractivity contribution is 6.11. The van der Waals surface area contributed by atoms with E-state index in [0.29, 0.717) is 29.5 Å². The number of carbonyl (C=O) groups is 2. The van der Waals surface area contributed by atoms with Crippen LogP contribution in [0.5, 0.6) is 0 Å². The largest absolute Gasteiger partial charge is 0.465 e. The maximum atomic E-state index is 13.4. The summed E-state index contributed by atoms with van der Waals surface area (Å²) in [5.41, 5.74) is 2.96. The Morgan fingerprint density at radius 2 is 1.81 bits per heavy atom. The first kappa shape index (κ1) is 13.5. The zero-order valence-corrected chi connectivity index (χ0v) is 11.5. The fourth-order valence-corrected chi connectivity index (χ4v) is 2.66. The summed E-state index contributed by atoms with van der Waals surface area (Å²) >= 11 is 0. The lowest BCUT2D eigenvalue weighted by Crippen LogP contribution is -2.07. The van der Waals surface area contributed by atoms with Crippen molar-refractivity contribution in [3.8, 4) is 0 Å². The summed E-state index contributed by atoms with van der Waals surface area (Å²) in [5.74, 6) is -1.05. The zero-order chi connectivity index (χ0) is 15.0. The van der Waals surface area contributed by atoms with Gasteiger partial charge in [-0.2, -0.15) is 0 Å². The Kier molecular flexibility index (Phi) is 3.29. The van der Waals surface area contributed by atoms with E-state index in [1.165, 1.54) is 19.2 Å². The third kappa shape index (κ3) is 2.33. The van der Waals surface area contributed by atoms with Gasteiger partial charge in [-0.15, -0.1) is 0 Å². The molecule has 3 nitrogen and oxygen atoms in total. The number of carbonyl (C=O) groups excluding carboxylic acids is 2. The molecule has 0 spiro atoms.